The molecule has 1 atom stereocenters. The van der Waals surface area contributed by atoms with Crippen LogP contribution in [0, 0.1) is 5.92 Å². The predicted molar refractivity (Wildman–Crippen MR) is 62.7 cm³/mol. The fraction of sp³-hybridized carbons (Fsp3) is 0.333. The third-order valence-corrected chi connectivity index (χ3v) is 2.47. The van der Waals surface area contributed by atoms with Crippen molar-refractivity contribution in [2.75, 3.05) is 7.11 Å². The number of carboxylic acids is 1. The molecule has 5 nitrogen and oxygen atoms in total. The first-order valence-corrected chi connectivity index (χ1v) is 5.20. The van der Waals surface area contributed by atoms with Gasteiger partial charge in [0.1, 0.15) is 5.75 Å². The Morgan fingerprint density at radius 3 is 2.59 bits per heavy atom. The van der Waals surface area contributed by atoms with Gasteiger partial charge in [-0.1, -0.05) is 12.1 Å². The van der Waals surface area contributed by atoms with Crippen LogP contribution in [0.5, 0.6) is 5.75 Å². The molecular formula is C12H15NO4. The van der Waals surface area contributed by atoms with Gasteiger partial charge in [0.05, 0.1) is 19.2 Å². The summed E-state index contributed by atoms with van der Waals surface area (Å²) in [4.78, 5) is 10.8. The van der Waals surface area contributed by atoms with Gasteiger partial charge in [0.2, 0.25) is 0 Å². The summed E-state index contributed by atoms with van der Waals surface area (Å²) >= 11 is 0. The van der Waals surface area contributed by atoms with E-state index in [-0.39, 0.29) is 0 Å². The van der Waals surface area contributed by atoms with E-state index in [0.717, 1.165) is 17.5 Å². The zero-order chi connectivity index (χ0) is 12.7. The summed E-state index contributed by atoms with van der Waals surface area (Å²) < 4.78 is 5.02. The van der Waals surface area contributed by atoms with Crippen molar-refractivity contribution in [1.82, 2.24) is 0 Å². The molecule has 1 unspecified atom stereocenters. The summed E-state index contributed by atoms with van der Waals surface area (Å²) in [6, 6.07) is 7.41. The Morgan fingerprint density at radius 2 is 2.12 bits per heavy atom. The monoisotopic (exact) mass is 237 g/mol. The second-order valence-electron chi connectivity index (χ2n) is 3.60. The molecule has 1 aromatic rings. The van der Waals surface area contributed by atoms with Crippen molar-refractivity contribution < 1.29 is 19.8 Å². The summed E-state index contributed by atoms with van der Waals surface area (Å²) in [6.45, 7) is 0. The number of aliphatic carboxylic acids is 1. The fourth-order valence-corrected chi connectivity index (χ4v) is 1.46. The Bertz CT molecular complexity index is 386. The van der Waals surface area contributed by atoms with Crippen molar-refractivity contribution in [1.29, 1.82) is 0 Å². The third-order valence-electron chi connectivity index (χ3n) is 2.47. The molecule has 0 bridgehead atoms. The van der Waals surface area contributed by atoms with Crippen molar-refractivity contribution in [3.63, 3.8) is 0 Å². The molecule has 92 valence electrons. The molecule has 0 heterocycles. The normalized spacial score (nSPS) is 12.5. The molecule has 0 amide bonds. The number of methoxy groups -OCH3 is 1. The van der Waals surface area contributed by atoms with Crippen LogP contribution >= 0.6 is 0 Å². The van der Waals surface area contributed by atoms with Gasteiger partial charge in [0, 0.05) is 0 Å². The first kappa shape index (κ1) is 13.0. The lowest BCUT2D eigenvalue weighted by molar-refractivity contribution is -0.139. The lowest BCUT2D eigenvalue weighted by Gasteiger charge is -2.06. The number of hydrogen-bond acceptors (Lipinski definition) is 4. The van der Waals surface area contributed by atoms with E-state index >= 15 is 0 Å². The zero-order valence-electron chi connectivity index (χ0n) is 9.54. The van der Waals surface area contributed by atoms with Gasteiger partial charge in [-0.15, -0.1) is 5.16 Å². The molecule has 1 rings (SSSR count). The van der Waals surface area contributed by atoms with Gasteiger partial charge in [0.25, 0.3) is 0 Å². The summed E-state index contributed by atoms with van der Waals surface area (Å²) in [5.74, 6) is -0.987. The van der Waals surface area contributed by atoms with Crippen molar-refractivity contribution in [3.8, 4) is 5.75 Å². The molecule has 0 aliphatic rings. The largest absolute Gasteiger partial charge is 0.497 e. The molecule has 0 aromatic heterocycles. The van der Waals surface area contributed by atoms with E-state index in [0.29, 0.717) is 12.8 Å². The van der Waals surface area contributed by atoms with Crippen LogP contribution < -0.4 is 4.74 Å². The van der Waals surface area contributed by atoms with Crippen LogP contribution in [0.2, 0.25) is 0 Å². The maximum absolute atomic E-state index is 10.8. The molecule has 0 fully saturated rings. The van der Waals surface area contributed by atoms with Crippen molar-refractivity contribution in [2.45, 2.75) is 12.8 Å². The van der Waals surface area contributed by atoms with Gasteiger partial charge in [-0.2, -0.15) is 0 Å². The summed E-state index contributed by atoms with van der Waals surface area (Å²) in [5, 5.41) is 20.0. The van der Waals surface area contributed by atoms with Gasteiger partial charge < -0.3 is 15.1 Å². The molecule has 1 aromatic carbocycles. The molecule has 0 spiro atoms. The van der Waals surface area contributed by atoms with Crippen molar-refractivity contribution in [2.24, 2.45) is 11.1 Å². The van der Waals surface area contributed by atoms with E-state index < -0.39 is 11.9 Å². The van der Waals surface area contributed by atoms with Gasteiger partial charge in [-0.25, -0.2) is 0 Å². The number of hydrogen-bond donors (Lipinski definition) is 2. The van der Waals surface area contributed by atoms with E-state index in [4.69, 9.17) is 15.1 Å². The zero-order valence-corrected chi connectivity index (χ0v) is 9.54. The van der Waals surface area contributed by atoms with Gasteiger partial charge in [-0.3, -0.25) is 4.79 Å². The minimum atomic E-state index is -0.990. The number of benzene rings is 1. The summed E-state index contributed by atoms with van der Waals surface area (Å²) in [6.07, 6.45) is 2.03. The molecule has 0 saturated heterocycles. The molecule has 0 radical (unpaired) electrons. The van der Waals surface area contributed by atoms with Crippen LogP contribution in [0.15, 0.2) is 29.4 Å². The number of aryl methyl sites for hydroxylation is 1. The summed E-state index contributed by atoms with van der Waals surface area (Å²) in [7, 11) is 1.59. The molecule has 0 saturated carbocycles. The Balaban J connectivity index is 2.56. The predicted octanol–water partition coefficient (Wildman–Crippen LogP) is 1.79. The smallest absolute Gasteiger partial charge is 0.312 e. The summed E-state index contributed by atoms with van der Waals surface area (Å²) in [5.41, 5.74) is 1.02. The molecule has 0 aliphatic heterocycles. The Hall–Kier alpha value is -2.04. The van der Waals surface area contributed by atoms with Crippen LogP contribution in [-0.4, -0.2) is 29.6 Å². The SMILES string of the molecule is COc1ccc(CCC(/C=N\O)C(=O)O)cc1. The highest BCUT2D eigenvalue weighted by atomic mass is 16.5. The van der Waals surface area contributed by atoms with Crippen LogP contribution in [0.25, 0.3) is 0 Å². The van der Waals surface area contributed by atoms with E-state index in [1.807, 2.05) is 24.3 Å². The van der Waals surface area contributed by atoms with E-state index in [1.54, 1.807) is 7.11 Å². The van der Waals surface area contributed by atoms with Gasteiger partial charge >= 0.3 is 5.97 Å². The molecule has 5 heteroatoms. The Labute approximate surface area is 99.3 Å². The number of ether oxygens (including phenoxy) is 1. The van der Waals surface area contributed by atoms with E-state index in [9.17, 15) is 4.79 Å². The Kier molecular flexibility index (Phi) is 5.00. The maximum atomic E-state index is 10.8. The van der Waals surface area contributed by atoms with Crippen LogP contribution in [0.3, 0.4) is 0 Å². The lowest BCUT2D eigenvalue weighted by Crippen LogP contribution is -2.16. The number of nitrogens with zero attached hydrogens (tertiary/aromatic N) is 1. The minimum absolute atomic E-state index is 0.395. The lowest BCUT2D eigenvalue weighted by atomic mass is 10.0. The average Bonchev–Trinajstić information content (AvgIpc) is 2.34. The second kappa shape index (κ2) is 6.52. The van der Waals surface area contributed by atoms with Crippen LogP contribution in [0.1, 0.15) is 12.0 Å². The minimum Gasteiger partial charge on any atom is -0.497 e. The van der Waals surface area contributed by atoms with E-state index in [2.05, 4.69) is 5.16 Å². The highest BCUT2D eigenvalue weighted by molar-refractivity contribution is 5.88. The number of oxime groups is 1. The first-order valence-electron chi connectivity index (χ1n) is 5.20. The Morgan fingerprint density at radius 1 is 1.47 bits per heavy atom. The fourth-order valence-electron chi connectivity index (χ4n) is 1.46. The number of carbonyl (C=O) groups is 1. The standard InChI is InChI=1S/C12H15NO4/c1-17-11-6-3-9(4-7-11)2-5-10(8-13-16)12(14)15/h3-4,6-8,10,16H,2,5H2,1H3,(H,14,15)/b13-8-. The maximum Gasteiger partial charge on any atom is 0.312 e. The average molecular weight is 237 g/mol. The highest BCUT2D eigenvalue weighted by Crippen LogP contribution is 2.14. The third kappa shape index (κ3) is 4.14. The molecular weight excluding hydrogens is 222 g/mol. The van der Waals surface area contributed by atoms with Gasteiger partial charge in [-0.05, 0) is 30.5 Å². The molecule has 17 heavy (non-hydrogen) atoms. The van der Waals surface area contributed by atoms with Crippen LogP contribution in [0.4, 0.5) is 0 Å². The first-order chi connectivity index (χ1) is 8.17. The van der Waals surface area contributed by atoms with Crippen LogP contribution in [-0.2, 0) is 11.2 Å². The molecule has 2 N–H and O–H groups in total. The second-order valence-corrected chi connectivity index (χ2v) is 3.60. The number of rotatable bonds is 6. The topological polar surface area (TPSA) is 79.1 Å². The quantitative estimate of drug-likeness (QED) is 0.449. The van der Waals surface area contributed by atoms with Crippen molar-refractivity contribution >= 4 is 12.2 Å². The number of carboxylic acid groups (broad SMARTS) is 1. The van der Waals surface area contributed by atoms with E-state index in [1.165, 1.54) is 0 Å². The highest BCUT2D eigenvalue weighted by Gasteiger charge is 2.14. The van der Waals surface area contributed by atoms with Crippen molar-refractivity contribution in [3.05, 3.63) is 29.8 Å². The molecule has 0 aliphatic carbocycles. The van der Waals surface area contributed by atoms with Gasteiger partial charge in [0.15, 0.2) is 0 Å².